The van der Waals surface area contributed by atoms with E-state index in [1.807, 2.05) is 26.0 Å². The number of likely N-dealkylation sites (tertiary alicyclic amines) is 1. The van der Waals surface area contributed by atoms with Crippen LogP contribution in [0.1, 0.15) is 37.4 Å². The topological polar surface area (TPSA) is 85.3 Å². The molecule has 1 aliphatic heterocycles. The highest BCUT2D eigenvalue weighted by atomic mass is 35.5. The third-order valence-corrected chi connectivity index (χ3v) is 5.58. The fourth-order valence-corrected chi connectivity index (χ4v) is 4.11. The molecule has 1 aliphatic rings. The smallest absolute Gasteiger partial charge is 0.295 e. The molecule has 2 aromatic carbocycles. The van der Waals surface area contributed by atoms with Crippen LogP contribution in [0.25, 0.3) is 5.76 Å². The van der Waals surface area contributed by atoms with Gasteiger partial charge in [0.25, 0.3) is 11.7 Å². The van der Waals surface area contributed by atoms with Crippen LogP contribution in [0.4, 0.5) is 0 Å². The molecule has 3 rings (SSSR count). The van der Waals surface area contributed by atoms with Crippen molar-refractivity contribution in [2.24, 2.45) is 0 Å². The summed E-state index contributed by atoms with van der Waals surface area (Å²) in [6.45, 7) is 4.49. The molecule has 1 saturated heterocycles. The van der Waals surface area contributed by atoms with Gasteiger partial charge in [-0.05, 0) is 44.5 Å². The van der Waals surface area contributed by atoms with E-state index in [1.54, 1.807) is 31.4 Å². The molecule has 0 aliphatic carbocycles. The zero-order valence-electron chi connectivity index (χ0n) is 19.1. The summed E-state index contributed by atoms with van der Waals surface area (Å²) in [5.74, 6) is -0.787. The summed E-state index contributed by atoms with van der Waals surface area (Å²) in [5, 5.41) is 11.5. The van der Waals surface area contributed by atoms with E-state index in [4.69, 9.17) is 25.8 Å². The van der Waals surface area contributed by atoms with Crippen LogP contribution in [0.3, 0.4) is 0 Å². The molecule has 1 amide bonds. The predicted octanol–water partition coefficient (Wildman–Crippen LogP) is 4.59. The summed E-state index contributed by atoms with van der Waals surface area (Å²) < 4.78 is 16.3. The summed E-state index contributed by atoms with van der Waals surface area (Å²) in [5.41, 5.74) is 0.908. The number of hydrogen-bond acceptors (Lipinski definition) is 6. The van der Waals surface area contributed by atoms with E-state index in [0.29, 0.717) is 35.7 Å². The number of hydrogen-bond donors (Lipinski definition) is 1. The first-order valence-electron chi connectivity index (χ1n) is 10.7. The van der Waals surface area contributed by atoms with Gasteiger partial charge in [-0.15, -0.1) is 0 Å². The molecule has 1 fully saturated rings. The molecule has 7 nitrogen and oxygen atoms in total. The monoisotopic (exact) mass is 473 g/mol. The largest absolute Gasteiger partial charge is 0.507 e. The van der Waals surface area contributed by atoms with Crippen molar-refractivity contribution in [2.45, 2.75) is 32.4 Å². The Morgan fingerprint density at radius 3 is 2.48 bits per heavy atom. The Balaban J connectivity index is 2.18. The number of ketones is 1. The number of Topliss-reactive ketones (excluding diaryl/α,β-unsaturated/α-hetero) is 1. The van der Waals surface area contributed by atoms with Crippen molar-refractivity contribution in [1.29, 1.82) is 0 Å². The Labute approximate surface area is 198 Å². The molecule has 1 unspecified atom stereocenters. The SMILES string of the molecule is COCCCN1C(=O)C(=O)/C(=C(\O)c2ccc(OC)c(Cl)c2)C1c1ccccc1OC(C)C. The summed E-state index contributed by atoms with van der Waals surface area (Å²) in [7, 11) is 3.06. The predicted molar refractivity (Wildman–Crippen MR) is 126 cm³/mol. The quantitative estimate of drug-likeness (QED) is 0.248. The van der Waals surface area contributed by atoms with E-state index in [9.17, 15) is 14.7 Å². The molecule has 0 bridgehead atoms. The van der Waals surface area contributed by atoms with Gasteiger partial charge in [0.1, 0.15) is 17.3 Å². The van der Waals surface area contributed by atoms with Crippen molar-refractivity contribution in [1.82, 2.24) is 4.90 Å². The molecule has 176 valence electrons. The number of rotatable bonds is 9. The number of aliphatic hydroxyl groups is 1. The summed E-state index contributed by atoms with van der Waals surface area (Å²) in [6, 6.07) is 11.1. The molecule has 0 radical (unpaired) electrons. The van der Waals surface area contributed by atoms with Gasteiger partial charge in [0.2, 0.25) is 0 Å². The van der Waals surface area contributed by atoms with Crippen molar-refractivity contribution >= 4 is 29.1 Å². The lowest BCUT2D eigenvalue weighted by Crippen LogP contribution is -2.31. The second-order valence-corrected chi connectivity index (χ2v) is 8.30. The van der Waals surface area contributed by atoms with E-state index in [-0.39, 0.29) is 29.0 Å². The van der Waals surface area contributed by atoms with Crippen LogP contribution >= 0.6 is 11.6 Å². The summed E-state index contributed by atoms with van der Waals surface area (Å²) in [6.07, 6.45) is 0.407. The standard InChI is InChI=1S/C25H28ClNO6/c1-15(2)33-19-9-6-5-8-17(19)22-21(24(29)25(30)27(22)12-7-13-31-3)23(28)16-10-11-20(32-4)18(26)14-16/h5-6,8-11,14-15,22,28H,7,12-13H2,1-4H3/b23-21-. The minimum absolute atomic E-state index is 0.0153. The number of benzene rings is 2. The van der Waals surface area contributed by atoms with Crippen LogP contribution in [0, 0.1) is 0 Å². The number of halogens is 1. The number of aliphatic hydroxyl groups excluding tert-OH is 1. The lowest BCUT2D eigenvalue weighted by atomic mass is 9.94. The summed E-state index contributed by atoms with van der Waals surface area (Å²) >= 11 is 6.24. The third-order valence-electron chi connectivity index (χ3n) is 5.29. The van der Waals surface area contributed by atoms with Crippen molar-refractivity contribution < 1.29 is 28.9 Å². The fourth-order valence-electron chi connectivity index (χ4n) is 3.85. The number of carbonyl (C=O) groups is 2. The van der Waals surface area contributed by atoms with Crippen molar-refractivity contribution in [3.8, 4) is 11.5 Å². The number of carbonyl (C=O) groups excluding carboxylic acids is 2. The van der Waals surface area contributed by atoms with E-state index in [1.165, 1.54) is 18.1 Å². The Hall–Kier alpha value is -3.03. The van der Waals surface area contributed by atoms with Crippen LogP contribution in [0.2, 0.25) is 5.02 Å². The molecule has 8 heteroatoms. The molecule has 0 saturated carbocycles. The van der Waals surface area contributed by atoms with Crippen LogP contribution in [0.15, 0.2) is 48.0 Å². The van der Waals surface area contributed by atoms with E-state index >= 15 is 0 Å². The number of amides is 1. The first kappa shape index (κ1) is 24.6. The van der Waals surface area contributed by atoms with Crippen LogP contribution in [0.5, 0.6) is 11.5 Å². The number of ether oxygens (including phenoxy) is 3. The minimum Gasteiger partial charge on any atom is -0.507 e. The molecule has 33 heavy (non-hydrogen) atoms. The molecule has 0 aromatic heterocycles. The van der Waals surface area contributed by atoms with Crippen LogP contribution in [-0.2, 0) is 14.3 Å². The number of methoxy groups -OCH3 is 2. The highest BCUT2D eigenvalue weighted by Gasteiger charge is 2.46. The Bertz CT molecular complexity index is 1060. The zero-order chi connectivity index (χ0) is 24.1. The van der Waals surface area contributed by atoms with E-state index < -0.39 is 17.7 Å². The number of nitrogens with zero attached hydrogens (tertiary/aromatic N) is 1. The highest BCUT2D eigenvalue weighted by Crippen LogP contribution is 2.43. The van der Waals surface area contributed by atoms with Gasteiger partial charge in [-0.25, -0.2) is 0 Å². The summed E-state index contributed by atoms with van der Waals surface area (Å²) in [4.78, 5) is 27.6. The van der Waals surface area contributed by atoms with Crippen LogP contribution in [-0.4, -0.2) is 55.2 Å². The van der Waals surface area contributed by atoms with Gasteiger partial charge in [-0.3, -0.25) is 9.59 Å². The Morgan fingerprint density at radius 1 is 1.12 bits per heavy atom. The molecule has 1 heterocycles. The van der Waals surface area contributed by atoms with Gasteiger partial charge in [0.15, 0.2) is 0 Å². The lowest BCUT2D eigenvalue weighted by Gasteiger charge is -2.27. The van der Waals surface area contributed by atoms with Gasteiger partial charge in [-0.1, -0.05) is 29.8 Å². The van der Waals surface area contributed by atoms with Gasteiger partial charge >= 0.3 is 0 Å². The first-order chi connectivity index (χ1) is 15.8. The molecule has 1 atom stereocenters. The normalized spacial score (nSPS) is 17.6. The minimum atomic E-state index is -0.822. The number of para-hydroxylation sites is 1. The van der Waals surface area contributed by atoms with Gasteiger partial charge in [-0.2, -0.15) is 0 Å². The Morgan fingerprint density at radius 2 is 1.85 bits per heavy atom. The molecule has 1 N–H and O–H groups in total. The van der Waals surface area contributed by atoms with Crippen molar-refractivity contribution in [3.05, 3.63) is 64.2 Å². The second-order valence-electron chi connectivity index (χ2n) is 7.89. The highest BCUT2D eigenvalue weighted by molar-refractivity contribution is 6.46. The molecule has 0 spiro atoms. The maximum Gasteiger partial charge on any atom is 0.295 e. The van der Waals surface area contributed by atoms with Crippen molar-refractivity contribution in [2.75, 3.05) is 27.4 Å². The van der Waals surface area contributed by atoms with Crippen molar-refractivity contribution in [3.63, 3.8) is 0 Å². The molecule has 2 aromatic rings. The molecular formula is C25H28ClNO6. The lowest BCUT2D eigenvalue weighted by molar-refractivity contribution is -0.140. The average Bonchev–Trinajstić information content (AvgIpc) is 3.03. The third kappa shape index (κ3) is 5.15. The first-order valence-corrected chi connectivity index (χ1v) is 11.0. The van der Waals surface area contributed by atoms with Crippen LogP contribution < -0.4 is 9.47 Å². The van der Waals surface area contributed by atoms with Gasteiger partial charge in [0, 0.05) is 31.4 Å². The zero-order valence-corrected chi connectivity index (χ0v) is 19.9. The van der Waals surface area contributed by atoms with Gasteiger partial charge in [0.05, 0.1) is 29.9 Å². The second kappa shape index (κ2) is 10.7. The average molecular weight is 474 g/mol. The molecular weight excluding hydrogens is 446 g/mol. The van der Waals surface area contributed by atoms with E-state index in [0.717, 1.165) is 0 Å². The fraction of sp³-hybridized carbons (Fsp3) is 0.360. The maximum atomic E-state index is 13.1. The Kier molecular flexibility index (Phi) is 8.00. The maximum absolute atomic E-state index is 13.1. The van der Waals surface area contributed by atoms with Gasteiger partial charge < -0.3 is 24.2 Å². The van der Waals surface area contributed by atoms with E-state index in [2.05, 4.69) is 0 Å².